The first kappa shape index (κ1) is 13.5. The summed E-state index contributed by atoms with van der Waals surface area (Å²) in [6.45, 7) is 10.6. The molecule has 1 fully saturated rings. The van der Waals surface area contributed by atoms with Crippen LogP contribution in [0.4, 0.5) is 0 Å². The molecule has 0 amide bonds. The molecule has 0 saturated carbocycles. The van der Waals surface area contributed by atoms with Gasteiger partial charge in [0.05, 0.1) is 19.6 Å². The maximum Gasteiger partial charge on any atom is 0.306 e. The van der Waals surface area contributed by atoms with Crippen LogP contribution in [0.3, 0.4) is 0 Å². The zero-order valence-corrected chi connectivity index (χ0v) is 10.8. The normalized spacial score (nSPS) is 21.8. The fourth-order valence-electron chi connectivity index (χ4n) is 1.63. The van der Waals surface area contributed by atoms with Gasteiger partial charge in [-0.1, -0.05) is 6.92 Å². The molecule has 1 unspecified atom stereocenters. The smallest absolute Gasteiger partial charge is 0.306 e. The van der Waals surface area contributed by atoms with Gasteiger partial charge in [0.15, 0.2) is 5.79 Å². The first-order valence-electron chi connectivity index (χ1n) is 5.73. The van der Waals surface area contributed by atoms with Crippen LogP contribution in [0.5, 0.6) is 0 Å². The molecule has 4 nitrogen and oxygen atoms in total. The van der Waals surface area contributed by atoms with Crippen LogP contribution in [0.2, 0.25) is 0 Å². The van der Waals surface area contributed by atoms with E-state index in [4.69, 9.17) is 14.2 Å². The average molecular weight is 230 g/mol. The summed E-state index contributed by atoms with van der Waals surface area (Å²) in [5, 5.41) is 0. The Labute approximate surface area is 97.2 Å². The molecule has 1 aliphatic rings. The third-order valence-electron chi connectivity index (χ3n) is 2.65. The minimum atomic E-state index is -0.642. The van der Waals surface area contributed by atoms with Crippen LogP contribution in [0.25, 0.3) is 0 Å². The summed E-state index contributed by atoms with van der Waals surface area (Å²) in [6.07, 6.45) is 0.313. The first-order chi connectivity index (χ1) is 7.23. The molecule has 94 valence electrons. The van der Waals surface area contributed by atoms with Crippen molar-refractivity contribution in [1.29, 1.82) is 0 Å². The molecule has 0 aromatic rings. The monoisotopic (exact) mass is 230 g/mol. The van der Waals surface area contributed by atoms with Gasteiger partial charge in [0.2, 0.25) is 0 Å². The maximum absolute atomic E-state index is 11.6. The van der Waals surface area contributed by atoms with Crippen LogP contribution in [0, 0.1) is 5.92 Å². The summed E-state index contributed by atoms with van der Waals surface area (Å²) in [6, 6.07) is 0. The van der Waals surface area contributed by atoms with Crippen molar-refractivity contribution < 1.29 is 19.0 Å². The minimum absolute atomic E-state index is 0.00940. The lowest BCUT2D eigenvalue weighted by molar-refractivity contribution is -0.188. The van der Waals surface area contributed by atoms with Crippen LogP contribution >= 0.6 is 0 Å². The van der Waals surface area contributed by atoms with E-state index in [1.54, 1.807) is 0 Å². The van der Waals surface area contributed by atoms with Crippen molar-refractivity contribution in [3.8, 4) is 0 Å². The van der Waals surface area contributed by atoms with Crippen molar-refractivity contribution in [3.63, 3.8) is 0 Å². The van der Waals surface area contributed by atoms with E-state index >= 15 is 0 Å². The Balaban J connectivity index is 2.45. The van der Waals surface area contributed by atoms with Gasteiger partial charge < -0.3 is 14.2 Å². The zero-order chi connectivity index (χ0) is 12.4. The molecule has 1 saturated heterocycles. The summed E-state index contributed by atoms with van der Waals surface area (Å²) < 4.78 is 16.3. The van der Waals surface area contributed by atoms with E-state index < -0.39 is 11.4 Å². The lowest BCUT2D eigenvalue weighted by Gasteiger charge is -2.29. The van der Waals surface area contributed by atoms with Crippen molar-refractivity contribution in [2.75, 3.05) is 13.2 Å². The SMILES string of the molecule is CC(CC(=O)OC(C)(C)C)C1(C)OCCO1. The Hall–Kier alpha value is -0.610. The molecule has 0 aromatic carbocycles. The Kier molecular flexibility index (Phi) is 3.97. The van der Waals surface area contributed by atoms with Gasteiger partial charge >= 0.3 is 5.97 Å². The topological polar surface area (TPSA) is 44.8 Å². The standard InChI is InChI=1S/C12H22O4/c1-9(12(5)14-6-7-15-12)8-10(13)16-11(2,3)4/h9H,6-8H2,1-5H3. The molecule has 1 heterocycles. The molecule has 0 radical (unpaired) electrons. The third-order valence-corrected chi connectivity index (χ3v) is 2.65. The van der Waals surface area contributed by atoms with Gasteiger partial charge in [0, 0.05) is 5.92 Å². The molecule has 0 spiro atoms. The number of ether oxygens (including phenoxy) is 3. The number of hydrogen-bond acceptors (Lipinski definition) is 4. The Morgan fingerprint density at radius 2 is 1.88 bits per heavy atom. The van der Waals surface area contributed by atoms with Gasteiger partial charge in [0.25, 0.3) is 0 Å². The number of carbonyl (C=O) groups excluding carboxylic acids is 1. The summed E-state index contributed by atoms with van der Waals surface area (Å²) in [5.74, 6) is -0.859. The summed E-state index contributed by atoms with van der Waals surface area (Å²) in [7, 11) is 0. The molecule has 0 aromatic heterocycles. The van der Waals surface area contributed by atoms with Gasteiger partial charge in [-0.25, -0.2) is 0 Å². The second kappa shape index (κ2) is 4.72. The second-order valence-electron chi connectivity index (χ2n) is 5.40. The summed E-state index contributed by atoms with van der Waals surface area (Å²) in [4.78, 5) is 11.6. The molecule has 0 N–H and O–H groups in total. The quantitative estimate of drug-likeness (QED) is 0.697. The Morgan fingerprint density at radius 1 is 1.38 bits per heavy atom. The molecule has 1 aliphatic heterocycles. The molecular weight excluding hydrogens is 208 g/mol. The molecule has 0 bridgehead atoms. The van der Waals surface area contributed by atoms with Gasteiger partial charge in [-0.15, -0.1) is 0 Å². The average Bonchev–Trinajstić information content (AvgIpc) is 2.49. The highest BCUT2D eigenvalue weighted by molar-refractivity contribution is 5.70. The van der Waals surface area contributed by atoms with Crippen LogP contribution in [0.15, 0.2) is 0 Å². The summed E-state index contributed by atoms with van der Waals surface area (Å²) >= 11 is 0. The van der Waals surface area contributed by atoms with Gasteiger partial charge in [-0.3, -0.25) is 4.79 Å². The highest BCUT2D eigenvalue weighted by Crippen LogP contribution is 2.30. The van der Waals surface area contributed by atoms with E-state index in [0.29, 0.717) is 19.6 Å². The third kappa shape index (κ3) is 3.76. The highest BCUT2D eigenvalue weighted by Gasteiger charge is 2.38. The van der Waals surface area contributed by atoms with Crippen molar-refractivity contribution in [2.24, 2.45) is 5.92 Å². The lowest BCUT2D eigenvalue weighted by Crippen LogP contribution is -2.36. The Bertz CT molecular complexity index is 248. The van der Waals surface area contributed by atoms with E-state index in [2.05, 4.69) is 0 Å². The number of hydrogen-bond donors (Lipinski definition) is 0. The van der Waals surface area contributed by atoms with E-state index in [-0.39, 0.29) is 11.9 Å². The summed E-state index contributed by atoms with van der Waals surface area (Å²) in [5.41, 5.74) is -0.435. The predicted molar refractivity (Wildman–Crippen MR) is 59.9 cm³/mol. The van der Waals surface area contributed by atoms with Crippen molar-refractivity contribution in [2.45, 2.75) is 52.4 Å². The number of esters is 1. The van der Waals surface area contributed by atoms with Crippen molar-refractivity contribution >= 4 is 5.97 Å². The van der Waals surface area contributed by atoms with Gasteiger partial charge in [-0.05, 0) is 27.7 Å². The molecular formula is C12H22O4. The van der Waals surface area contributed by atoms with Crippen LogP contribution in [-0.4, -0.2) is 30.6 Å². The van der Waals surface area contributed by atoms with E-state index in [1.807, 2.05) is 34.6 Å². The van der Waals surface area contributed by atoms with Gasteiger partial charge in [-0.2, -0.15) is 0 Å². The van der Waals surface area contributed by atoms with Crippen LogP contribution in [-0.2, 0) is 19.0 Å². The largest absolute Gasteiger partial charge is 0.460 e. The maximum atomic E-state index is 11.6. The lowest BCUT2D eigenvalue weighted by atomic mass is 9.98. The highest BCUT2D eigenvalue weighted by atomic mass is 16.7. The number of carbonyl (C=O) groups is 1. The van der Waals surface area contributed by atoms with Gasteiger partial charge in [0.1, 0.15) is 5.60 Å². The minimum Gasteiger partial charge on any atom is -0.460 e. The van der Waals surface area contributed by atoms with Crippen LogP contribution in [0.1, 0.15) is 41.0 Å². The van der Waals surface area contributed by atoms with E-state index in [0.717, 1.165) is 0 Å². The van der Waals surface area contributed by atoms with Crippen LogP contribution < -0.4 is 0 Å². The fraction of sp³-hybridized carbons (Fsp3) is 0.917. The zero-order valence-electron chi connectivity index (χ0n) is 10.8. The van der Waals surface area contributed by atoms with Crippen molar-refractivity contribution in [1.82, 2.24) is 0 Å². The molecule has 1 atom stereocenters. The van der Waals surface area contributed by atoms with E-state index in [1.165, 1.54) is 0 Å². The molecule has 4 heteroatoms. The second-order valence-corrected chi connectivity index (χ2v) is 5.40. The molecule has 16 heavy (non-hydrogen) atoms. The van der Waals surface area contributed by atoms with E-state index in [9.17, 15) is 4.79 Å². The predicted octanol–water partition coefficient (Wildman–Crippen LogP) is 2.12. The fourth-order valence-corrected chi connectivity index (χ4v) is 1.63. The molecule has 1 rings (SSSR count). The van der Waals surface area contributed by atoms with Crippen molar-refractivity contribution in [3.05, 3.63) is 0 Å². The number of rotatable bonds is 3. The first-order valence-corrected chi connectivity index (χ1v) is 5.73. The molecule has 0 aliphatic carbocycles. The Morgan fingerprint density at radius 3 is 2.31 bits per heavy atom.